The number of amides is 2. The van der Waals surface area contributed by atoms with Gasteiger partial charge in [-0.3, -0.25) is 0 Å². The molecule has 26 heavy (non-hydrogen) atoms. The summed E-state index contributed by atoms with van der Waals surface area (Å²) in [7, 11) is 1.99. The zero-order valence-electron chi connectivity index (χ0n) is 15.9. The van der Waals surface area contributed by atoms with Gasteiger partial charge in [0.1, 0.15) is 5.60 Å². The Morgan fingerprint density at radius 3 is 2.50 bits per heavy atom. The number of hydrogen-bond acceptors (Lipinski definition) is 4. The first-order chi connectivity index (χ1) is 12.2. The number of likely N-dealkylation sites (tertiary alicyclic amines) is 1. The molecule has 144 valence electrons. The summed E-state index contributed by atoms with van der Waals surface area (Å²) in [6.07, 6.45) is -0.796. The smallest absolute Gasteiger partial charge is 0.407 e. The normalized spacial score (nSPS) is 22.3. The van der Waals surface area contributed by atoms with Gasteiger partial charge in [0.05, 0.1) is 12.1 Å². The maximum atomic E-state index is 12.3. The van der Waals surface area contributed by atoms with Gasteiger partial charge in [0.25, 0.3) is 0 Å². The lowest BCUT2D eigenvalue weighted by Crippen LogP contribution is -2.55. The van der Waals surface area contributed by atoms with Crippen LogP contribution in [0.5, 0.6) is 0 Å². The highest BCUT2D eigenvalue weighted by Gasteiger charge is 2.37. The van der Waals surface area contributed by atoms with Crippen LogP contribution < -0.4 is 10.6 Å². The molecule has 7 nitrogen and oxygen atoms in total. The first-order valence-electron chi connectivity index (χ1n) is 8.88. The predicted octanol–water partition coefficient (Wildman–Crippen LogP) is 2.84. The molecule has 1 aliphatic rings. The summed E-state index contributed by atoms with van der Waals surface area (Å²) in [6.45, 7) is 6.91. The Bertz CT molecular complexity index is 615. The van der Waals surface area contributed by atoms with E-state index < -0.39 is 23.8 Å². The fourth-order valence-electron chi connectivity index (χ4n) is 3.37. The van der Waals surface area contributed by atoms with Crippen molar-refractivity contribution in [1.82, 2.24) is 15.5 Å². The van der Waals surface area contributed by atoms with Crippen LogP contribution in [-0.4, -0.2) is 54.0 Å². The molecule has 3 atom stereocenters. The number of ether oxygens (including phenoxy) is 1. The molecule has 0 saturated carbocycles. The number of carboxylic acid groups (broad SMARTS) is 1. The van der Waals surface area contributed by atoms with Crippen LogP contribution in [0.3, 0.4) is 0 Å². The number of carbonyl (C=O) groups excluding carboxylic acids is 1. The number of nitrogens with zero attached hydrogens (tertiary/aromatic N) is 1. The van der Waals surface area contributed by atoms with Gasteiger partial charge in [-0.25, -0.2) is 9.59 Å². The number of nitrogens with one attached hydrogen (secondary N) is 2. The molecule has 0 aliphatic carbocycles. The number of alkyl carbamates (subject to hydrolysis) is 1. The zero-order chi connectivity index (χ0) is 19.3. The summed E-state index contributed by atoms with van der Waals surface area (Å²) in [5.74, 6) is -0.0720. The second-order valence-corrected chi connectivity index (χ2v) is 7.81. The molecule has 2 rings (SSSR count). The van der Waals surface area contributed by atoms with Crippen LogP contribution >= 0.6 is 0 Å². The van der Waals surface area contributed by atoms with Gasteiger partial charge in [0.15, 0.2) is 0 Å². The number of piperidine rings is 1. The fraction of sp³-hybridized carbons (Fsp3) is 0.579. The quantitative estimate of drug-likeness (QED) is 0.765. The standard InChI is InChI=1S/C19H29N3O4/c1-19(2,3)26-18(25)20-15-12-22(4)11-10-14(15)16(21-17(23)24)13-8-6-5-7-9-13/h5-9,14-16,21H,10-12H2,1-4H3,(H,20,25)(H,23,24). The van der Waals surface area contributed by atoms with Crippen LogP contribution in [0.4, 0.5) is 9.59 Å². The molecule has 3 unspecified atom stereocenters. The Morgan fingerprint density at radius 2 is 1.92 bits per heavy atom. The van der Waals surface area contributed by atoms with Gasteiger partial charge in [-0.2, -0.15) is 0 Å². The summed E-state index contributed by atoms with van der Waals surface area (Å²) in [6, 6.07) is 8.86. The fourth-order valence-corrected chi connectivity index (χ4v) is 3.37. The first-order valence-corrected chi connectivity index (χ1v) is 8.88. The van der Waals surface area contributed by atoms with Gasteiger partial charge < -0.3 is 25.4 Å². The Kier molecular flexibility index (Phi) is 6.47. The minimum Gasteiger partial charge on any atom is -0.465 e. The largest absolute Gasteiger partial charge is 0.465 e. The van der Waals surface area contributed by atoms with E-state index >= 15 is 0 Å². The summed E-state index contributed by atoms with van der Waals surface area (Å²) in [5.41, 5.74) is 0.304. The summed E-state index contributed by atoms with van der Waals surface area (Å²) >= 11 is 0. The lowest BCUT2D eigenvalue weighted by atomic mass is 9.82. The Balaban J connectivity index is 2.22. The van der Waals surface area contributed by atoms with Gasteiger partial charge in [-0.1, -0.05) is 30.3 Å². The van der Waals surface area contributed by atoms with Crippen LogP contribution in [0.25, 0.3) is 0 Å². The van der Waals surface area contributed by atoms with Crippen LogP contribution in [0.2, 0.25) is 0 Å². The predicted molar refractivity (Wildman–Crippen MR) is 99.1 cm³/mol. The second-order valence-electron chi connectivity index (χ2n) is 7.81. The van der Waals surface area contributed by atoms with Gasteiger partial charge in [-0.15, -0.1) is 0 Å². The topological polar surface area (TPSA) is 90.9 Å². The van der Waals surface area contributed by atoms with E-state index in [0.29, 0.717) is 6.54 Å². The Labute approximate surface area is 154 Å². The molecular weight excluding hydrogens is 334 g/mol. The van der Waals surface area contributed by atoms with E-state index in [2.05, 4.69) is 15.5 Å². The van der Waals surface area contributed by atoms with Crippen molar-refractivity contribution in [2.24, 2.45) is 5.92 Å². The van der Waals surface area contributed by atoms with Crippen molar-refractivity contribution in [3.63, 3.8) is 0 Å². The monoisotopic (exact) mass is 363 g/mol. The van der Waals surface area contributed by atoms with E-state index in [9.17, 15) is 14.7 Å². The highest BCUT2D eigenvalue weighted by Crippen LogP contribution is 2.31. The van der Waals surface area contributed by atoms with E-state index in [0.717, 1.165) is 18.5 Å². The van der Waals surface area contributed by atoms with Crippen LogP contribution in [0.1, 0.15) is 38.8 Å². The van der Waals surface area contributed by atoms with E-state index in [1.54, 1.807) is 0 Å². The molecule has 0 spiro atoms. The molecule has 3 N–H and O–H groups in total. The number of likely N-dealkylation sites (N-methyl/N-ethyl adjacent to an activating group) is 1. The third kappa shape index (κ3) is 5.91. The molecule has 1 aliphatic heterocycles. The molecule has 7 heteroatoms. The van der Waals surface area contributed by atoms with E-state index in [4.69, 9.17) is 4.74 Å². The van der Waals surface area contributed by atoms with Gasteiger partial charge in [-0.05, 0) is 46.3 Å². The highest BCUT2D eigenvalue weighted by molar-refractivity contribution is 5.68. The molecule has 1 aromatic carbocycles. The highest BCUT2D eigenvalue weighted by atomic mass is 16.6. The Hall–Kier alpha value is -2.28. The van der Waals surface area contributed by atoms with E-state index in [-0.39, 0.29) is 12.0 Å². The minimum absolute atomic E-state index is 0.0720. The van der Waals surface area contributed by atoms with Gasteiger partial charge in [0, 0.05) is 12.5 Å². The van der Waals surface area contributed by atoms with Crippen LogP contribution in [-0.2, 0) is 4.74 Å². The van der Waals surface area contributed by atoms with E-state index in [1.807, 2.05) is 58.2 Å². The SMILES string of the molecule is CN1CCC(C(NC(=O)O)c2ccccc2)C(NC(=O)OC(C)(C)C)C1. The molecule has 0 radical (unpaired) electrons. The van der Waals surface area contributed by atoms with Crippen molar-refractivity contribution in [1.29, 1.82) is 0 Å². The molecule has 1 saturated heterocycles. The van der Waals surface area contributed by atoms with Gasteiger partial charge >= 0.3 is 12.2 Å². The molecule has 1 heterocycles. The van der Waals surface area contributed by atoms with Crippen molar-refractivity contribution in [2.75, 3.05) is 20.1 Å². The molecule has 0 aromatic heterocycles. The lowest BCUT2D eigenvalue weighted by Gasteiger charge is -2.41. The summed E-state index contributed by atoms with van der Waals surface area (Å²) in [4.78, 5) is 25.8. The van der Waals surface area contributed by atoms with Crippen molar-refractivity contribution in [2.45, 2.75) is 44.9 Å². The average molecular weight is 363 g/mol. The first kappa shape index (κ1) is 20.0. The third-order valence-electron chi connectivity index (χ3n) is 4.44. The van der Waals surface area contributed by atoms with E-state index in [1.165, 1.54) is 0 Å². The van der Waals surface area contributed by atoms with Crippen LogP contribution in [0, 0.1) is 5.92 Å². The second kappa shape index (κ2) is 8.40. The number of rotatable bonds is 4. The zero-order valence-corrected chi connectivity index (χ0v) is 15.9. The summed E-state index contributed by atoms with van der Waals surface area (Å²) < 4.78 is 5.39. The Morgan fingerprint density at radius 1 is 1.27 bits per heavy atom. The van der Waals surface area contributed by atoms with Crippen molar-refractivity contribution in [3.8, 4) is 0 Å². The molecular formula is C19H29N3O4. The maximum absolute atomic E-state index is 12.3. The van der Waals surface area contributed by atoms with Crippen LogP contribution in [0.15, 0.2) is 30.3 Å². The molecule has 1 fully saturated rings. The molecule has 1 aromatic rings. The minimum atomic E-state index is -1.08. The third-order valence-corrected chi connectivity index (χ3v) is 4.44. The van der Waals surface area contributed by atoms with Crippen molar-refractivity contribution < 1.29 is 19.4 Å². The van der Waals surface area contributed by atoms with Gasteiger partial charge in [0.2, 0.25) is 0 Å². The molecule has 2 amide bonds. The maximum Gasteiger partial charge on any atom is 0.407 e. The lowest BCUT2D eigenvalue weighted by molar-refractivity contribution is 0.0421. The average Bonchev–Trinajstić information content (AvgIpc) is 2.52. The summed E-state index contributed by atoms with van der Waals surface area (Å²) in [5, 5.41) is 14.9. The van der Waals surface area contributed by atoms with Crippen molar-refractivity contribution >= 4 is 12.2 Å². The number of hydrogen-bond donors (Lipinski definition) is 3. The number of benzene rings is 1. The molecule has 0 bridgehead atoms. The van der Waals surface area contributed by atoms with Crippen molar-refractivity contribution in [3.05, 3.63) is 35.9 Å². The number of carbonyl (C=O) groups is 2.